The van der Waals surface area contributed by atoms with Crippen LogP contribution in [0.25, 0.3) is 0 Å². The minimum atomic E-state index is -3.35. The number of amides is 4. The summed E-state index contributed by atoms with van der Waals surface area (Å²) in [6.07, 6.45) is 6.66. The van der Waals surface area contributed by atoms with Gasteiger partial charge in [-0.15, -0.1) is 0 Å². The third kappa shape index (κ3) is 16.6. The van der Waals surface area contributed by atoms with E-state index in [1.54, 1.807) is 117 Å². The molecule has 13 nitrogen and oxygen atoms in total. The minimum absolute atomic E-state index is 0. The van der Waals surface area contributed by atoms with Crippen LogP contribution in [0, 0.1) is 0 Å². The van der Waals surface area contributed by atoms with Gasteiger partial charge in [0.2, 0.25) is 0 Å². The molecule has 0 spiro atoms. The number of nitrogens with zero attached hydrogens (tertiary/aromatic N) is 2. The number of ether oxygens (including phenoxy) is 1. The highest BCUT2D eigenvalue weighted by molar-refractivity contribution is 9.10. The Hall–Kier alpha value is -6.10. The number of anilines is 2. The molecule has 0 aliphatic rings. The fourth-order valence-corrected chi connectivity index (χ4v) is 9.02. The van der Waals surface area contributed by atoms with Crippen molar-refractivity contribution in [2.24, 2.45) is 0 Å². The largest absolute Gasteiger partial charge is 0.497 e. The predicted molar refractivity (Wildman–Crippen MR) is 240 cm³/mol. The van der Waals surface area contributed by atoms with Crippen molar-refractivity contribution in [1.82, 2.24) is 20.6 Å². The smallest absolute Gasteiger partial charge is 0.319 e. The van der Waals surface area contributed by atoms with E-state index < -0.39 is 19.7 Å². The van der Waals surface area contributed by atoms with E-state index in [1.165, 1.54) is 0 Å². The normalized spacial score (nSPS) is 10.8. The molecule has 0 saturated carbocycles. The molecule has 0 aliphatic carbocycles. The van der Waals surface area contributed by atoms with Crippen LogP contribution in [0.1, 0.15) is 40.8 Å². The van der Waals surface area contributed by atoms with Crippen molar-refractivity contribution < 1.29 is 31.2 Å². The number of benzene rings is 4. The Morgan fingerprint density at radius 2 is 0.933 bits per heavy atom. The number of carbonyl (C=O) groups excluding carboxylic acids is 2. The molecule has 0 bridgehead atoms. The fraction of sp³-hybridized carbons (Fsp3) is 0.182. The van der Waals surface area contributed by atoms with Crippen molar-refractivity contribution in [2.45, 2.75) is 43.5 Å². The Labute approximate surface area is 360 Å². The molecule has 4 aromatic carbocycles. The SMILES string of the molecule is C.COc1cccc(CS(=O)(=O)Cc2ccc(NC(=O)NCc3ccncc3)cc2)c1.O=C(NCc1ccncc1)Nc1ccc(CS(=O)(=O)Cc2cccc(Br)c2)cc1. The second kappa shape index (κ2) is 22.9. The number of hydrogen-bond donors (Lipinski definition) is 4. The second-order valence-electron chi connectivity index (χ2n) is 13.3. The van der Waals surface area contributed by atoms with Gasteiger partial charge in [0.05, 0.1) is 30.1 Å². The Balaban J connectivity index is 0.000000260. The van der Waals surface area contributed by atoms with Gasteiger partial charge in [-0.05, 0) is 106 Å². The third-order valence-corrected chi connectivity index (χ3v) is 12.0. The topological polar surface area (TPSA) is 186 Å². The van der Waals surface area contributed by atoms with Crippen molar-refractivity contribution in [3.63, 3.8) is 0 Å². The van der Waals surface area contributed by atoms with Crippen LogP contribution < -0.4 is 26.0 Å². The van der Waals surface area contributed by atoms with Gasteiger partial charge in [-0.2, -0.15) is 0 Å². The van der Waals surface area contributed by atoms with Crippen LogP contribution in [0.3, 0.4) is 0 Å². The van der Waals surface area contributed by atoms with E-state index in [9.17, 15) is 26.4 Å². The van der Waals surface area contributed by atoms with E-state index in [0.29, 0.717) is 46.9 Å². The van der Waals surface area contributed by atoms with E-state index in [1.807, 2.05) is 36.4 Å². The zero-order valence-corrected chi connectivity index (χ0v) is 35.3. The van der Waals surface area contributed by atoms with Gasteiger partial charge < -0.3 is 26.0 Å². The molecule has 0 fully saturated rings. The summed E-state index contributed by atoms with van der Waals surface area (Å²) in [5.41, 5.74) is 5.80. The molecule has 4 N–H and O–H groups in total. The molecule has 2 heterocycles. The van der Waals surface area contributed by atoms with Gasteiger partial charge in [-0.3, -0.25) is 9.97 Å². The van der Waals surface area contributed by atoms with E-state index >= 15 is 0 Å². The van der Waals surface area contributed by atoms with Gasteiger partial charge in [0.15, 0.2) is 19.7 Å². The molecule has 6 rings (SSSR count). The van der Waals surface area contributed by atoms with Crippen LogP contribution in [0.4, 0.5) is 21.0 Å². The Morgan fingerprint density at radius 3 is 1.35 bits per heavy atom. The van der Waals surface area contributed by atoms with Gasteiger partial charge in [0.1, 0.15) is 5.75 Å². The van der Waals surface area contributed by atoms with Gasteiger partial charge in [-0.25, -0.2) is 26.4 Å². The van der Waals surface area contributed by atoms with Crippen LogP contribution in [-0.4, -0.2) is 46.0 Å². The number of sulfone groups is 2. The highest BCUT2D eigenvalue weighted by Crippen LogP contribution is 2.20. The molecular weight excluding hydrogens is 869 g/mol. The molecular formula is C44H47BrN6O7S2. The summed E-state index contributed by atoms with van der Waals surface area (Å²) in [5.74, 6) is 0.387. The summed E-state index contributed by atoms with van der Waals surface area (Å²) in [6.45, 7) is 0.773. The third-order valence-electron chi connectivity index (χ3n) is 8.40. The number of halogens is 1. The molecule has 314 valence electrons. The second-order valence-corrected chi connectivity index (χ2v) is 18.3. The number of nitrogens with one attached hydrogen (secondary N) is 4. The zero-order chi connectivity index (χ0) is 42.1. The molecule has 0 saturated heterocycles. The first-order valence-electron chi connectivity index (χ1n) is 18.2. The number of aromatic nitrogens is 2. The lowest BCUT2D eigenvalue weighted by atomic mass is 10.2. The maximum atomic E-state index is 12.5. The average molecular weight is 916 g/mol. The monoisotopic (exact) mass is 914 g/mol. The van der Waals surface area contributed by atoms with Crippen LogP contribution in [-0.2, 0) is 55.8 Å². The average Bonchev–Trinajstić information content (AvgIpc) is 3.21. The van der Waals surface area contributed by atoms with E-state index in [-0.39, 0.29) is 42.5 Å². The maximum absolute atomic E-state index is 12.5. The first-order valence-corrected chi connectivity index (χ1v) is 22.6. The maximum Gasteiger partial charge on any atom is 0.319 e. The Morgan fingerprint density at radius 1 is 0.533 bits per heavy atom. The Kier molecular flexibility index (Phi) is 17.8. The summed E-state index contributed by atoms with van der Waals surface area (Å²) in [4.78, 5) is 31.9. The summed E-state index contributed by atoms with van der Waals surface area (Å²) in [6, 6.07) is 34.4. The van der Waals surface area contributed by atoms with Crippen LogP contribution in [0.5, 0.6) is 5.75 Å². The number of rotatable bonds is 15. The number of urea groups is 2. The predicted octanol–water partition coefficient (Wildman–Crippen LogP) is 8.44. The van der Waals surface area contributed by atoms with Gasteiger partial charge >= 0.3 is 12.1 Å². The van der Waals surface area contributed by atoms with Crippen LogP contribution in [0.15, 0.2) is 151 Å². The first kappa shape index (κ1) is 46.6. The van der Waals surface area contributed by atoms with E-state index in [2.05, 4.69) is 47.2 Å². The molecule has 0 unspecified atom stereocenters. The fourth-order valence-electron chi connectivity index (χ4n) is 5.59. The Bertz CT molecular complexity index is 2510. The lowest BCUT2D eigenvalue weighted by Gasteiger charge is -2.09. The first-order chi connectivity index (χ1) is 28.3. The molecule has 6 aromatic rings. The highest BCUT2D eigenvalue weighted by atomic mass is 79.9. The summed E-state index contributed by atoms with van der Waals surface area (Å²) < 4.78 is 56.0. The zero-order valence-electron chi connectivity index (χ0n) is 32.0. The van der Waals surface area contributed by atoms with Crippen molar-refractivity contribution in [2.75, 3.05) is 17.7 Å². The van der Waals surface area contributed by atoms with E-state index in [0.717, 1.165) is 21.2 Å². The van der Waals surface area contributed by atoms with Gasteiger partial charge in [-0.1, -0.05) is 71.9 Å². The van der Waals surface area contributed by atoms with Gasteiger partial charge in [0, 0.05) is 53.7 Å². The minimum Gasteiger partial charge on any atom is -0.497 e. The number of pyridine rings is 2. The van der Waals surface area contributed by atoms with Crippen molar-refractivity contribution in [3.05, 3.63) is 184 Å². The summed E-state index contributed by atoms with van der Waals surface area (Å²) >= 11 is 3.35. The summed E-state index contributed by atoms with van der Waals surface area (Å²) in [7, 11) is -5.11. The van der Waals surface area contributed by atoms with Gasteiger partial charge in [0.25, 0.3) is 0 Å². The van der Waals surface area contributed by atoms with Crippen molar-refractivity contribution in [3.8, 4) is 5.75 Å². The van der Waals surface area contributed by atoms with Crippen molar-refractivity contribution in [1.29, 1.82) is 0 Å². The summed E-state index contributed by atoms with van der Waals surface area (Å²) in [5, 5.41) is 11.0. The highest BCUT2D eigenvalue weighted by Gasteiger charge is 2.15. The number of carbonyl (C=O) groups is 2. The quantitative estimate of drug-likeness (QED) is 0.0785. The van der Waals surface area contributed by atoms with Crippen LogP contribution in [0.2, 0.25) is 0 Å². The van der Waals surface area contributed by atoms with Crippen LogP contribution >= 0.6 is 15.9 Å². The lowest BCUT2D eigenvalue weighted by Crippen LogP contribution is -2.28. The van der Waals surface area contributed by atoms with Crippen molar-refractivity contribution >= 4 is 59.0 Å². The number of methoxy groups -OCH3 is 1. The molecule has 0 radical (unpaired) electrons. The van der Waals surface area contributed by atoms with E-state index in [4.69, 9.17) is 4.74 Å². The molecule has 16 heteroatoms. The molecule has 0 aliphatic heterocycles. The molecule has 0 atom stereocenters. The lowest BCUT2D eigenvalue weighted by molar-refractivity contribution is 0.251. The molecule has 60 heavy (non-hydrogen) atoms. The number of hydrogen-bond acceptors (Lipinski definition) is 9. The molecule has 4 amide bonds. The molecule has 2 aromatic heterocycles. The standard InChI is InChI=1S/C22H23N3O4S.C21H20BrN3O3S.CH4/c1-29-21-4-2-3-19(13-21)16-30(27,28)15-18-5-7-20(8-6-18)25-22(26)24-14-17-9-11-23-12-10-17;22-19-3-1-2-18(12-19)15-29(27,28)14-17-4-6-20(7-5-17)25-21(26)24-13-16-8-10-23-11-9-16;/h2-13H,14-16H2,1H3,(H2,24,25,26);1-12H,13-15H2,(H2,24,25,26);1H4.